The Kier molecular flexibility index (Phi) is 3.63. The van der Waals surface area contributed by atoms with Gasteiger partial charge in [0.15, 0.2) is 0 Å². The van der Waals surface area contributed by atoms with Crippen molar-refractivity contribution >= 4 is 24.0 Å². The molecule has 0 nitrogen and oxygen atoms in total. The van der Waals surface area contributed by atoms with Crippen LogP contribution in [0.2, 0.25) is 13.1 Å². The summed E-state index contributed by atoms with van der Waals surface area (Å²) in [6.07, 6.45) is 0. The minimum atomic E-state index is -1.82. The molecule has 4 aromatic carbocycles. The first-order valence-corrected chi connectivity index (χ1v) is 13.7. The molecule has 0 atom stereocenters. The summed E-state index contributed by atoms with van der Waals surface area (Å²) >= 11 is 0. The molecule has 2 aliphatic rings. The highest BCUT2D eigenvalue weighted by molar-refractivity contribution is 7.08. The molecule has 0 aromatic heterocycles. The Morgan fingerprint density at radius 1 is 0.533 bits per heavy atom. The van der Waals surface area contributed by atoms with E-state index in [1.807, 2.05) is 0 Å². The molecule has 4 aromatic rings. The van der Waals surface area contributed by atoms with Crippen molar-refractivity contribution in [3.63, 3.8) is 0 Å². The van der Waals surface area contributed by atoms with E-state index in [1.165, 1.54) is 33.4 Å². The monoisotopic (exact) mass is 400 g/mol. The zero-order valence-electron chi connectivity index (χ0n) is 17.4. The molecule has 6 rings (SSSR count). The highest BCUT2D eigenvalue weighted by Crippen LogP contribution is 2.61. The Labute approximate surface area is 179 Å². The van der Waals surface area contributed by atoms with Gasteiger partial charge in [-0.15, -0.1) is 0 Å². The van der Waals surface area contributed by atoms with E-state index < -0.39 is 8.07 Å². The molecule has 0 fully saturated rings. The lowest BCUT2D eigenvalue weighted by atomic mass is 9.65. The van der Waals surface area contributed by atoms with Gasteiger partial charge in [-0.1, -0.05) is 122 Å². The van der Waals surface area contributed by atoms with Crippen molar-refractivity contribution in [3.05, 3.63) is 137 Å². The van der Waals surface area contributed by atoms with Crippen molar-refractivity contribution in [1.82, 2.24) is 0 Å². The maximum atomic E-state index is 2.52. The normalized spacial score (nSPS) is 17.4. The standard InChI is InChI=1S/C29H24Si/c1-30(2)26-20-12-10-18-24(26)27-28(30)23-17-9-11-19-25(23)29(27,21-13-5-3-6-14-21)22-15-7-4-8-16-22/h3-20H,1-2H3. The van der Waals surface area contributed by atoms with E-state index in [4.69, 9.17) is 0 Å². The Balaban J connectivity index is 1.84. The molecular formula is C29H24Si. The van der Waals surface area contributed by atoms with Gasteiger partial charge in [0.25, 0.3) is 0 Å². The van der Waals surface area contributed by atoms with E-state index in [-0.39, 0.29) is 5.41 Å². The Morgan fingerprint density at radius 3 is 1.67 bits per heavy atom. The summed E-state index contributed by atoms with van der Waals surface area (Å²) in [6.45, 7) is 5.05. The second-order valence-corrected chi connectivity index (χ2v) is 13.2. The predicted octanol–water partition coefficient (Wildman–Crippen LogP) is 6.41. The van der Waals surface area contributed by atoms with Crippen molar-refractivity contribution in [2.24, 2.45) is 0 Å². The number of hydrogen-bond acceptors (Lipinski definition) is 0. The largest absolute Gasteiger partial charge is 0.114 e. The van der Waals surface area contributed by atoms with E-state index in [0.717, 1.165) is 0 Å². The molecule has 0 unspecified atom stereocenters. The van der Waals surface area contributed by atoms with Crippen LogP contribution >= 0.6 is 0 Å². The van der Waals surface area contributed by atoms with Gasteiger partial charge in [0, 0.05) is 0 Å². The summed E-state index contributed by atoms with van der Waals surface area (Å²) in [5, 5.41) is 3.19. The van der Waals surface area contributed by atoms with Crippen LogP contribution in [0.15, 0.2) is 109 Å². The average molecular weight is 401 g/mol. The lowest BCUT2D eigenvalue weighted by Crippen LogP contribution is -2.41. The van der Waals surface area contributed by atoms with E-state index in [9.17, 15) is 0 Å². The summed E-state index contributed by atoms with van der Waals surface area (Å²) in [5.41, 5.74) is 8.30. The first kappa shape index (κ1) is 17.7. The molecule has 0 N–H and O–H groups in total. The summed E-state index contributed by atoms with van der Waals surface area (Å²) in [4.78, 5) is 0. The summed E-state index contributed by atoms with van der Waals surface area (Å²) in [5.74, 6) is 0. The van der Waals surface area contributed by atoms with Crippen LogP contribution in [-0.2, 0) is 5.41 Å². The first-order chi connectivity index (χ1) is 14.7. The molecule has 0 bridgehead atoms. The van der Waals surface area contributed by atoms with Crippen molar-refractivity contribution in [1.29, 1.82) is 0 Å². The predicted molar refractivity (Wildman–Crippen MR) is 130 cm³/mol. The summed E-state index contributed by atoms with van der Waals surface area (Å²) in [6, 6.07) is 40.6. The molecule has 1 aliphatic heterocycles. The molecule has 0 spiro atoms. The second-order valence-electron chi connectivity index (χ2n) is 8.95. The number of fused-ring (bicyclic) bond motifs is 4. The number of rotatable bonds is 2. The SMILES string of the molecule is C[Si]1(C)C2=C(c3ccccc31)C(c1ccccc1)(c1ccccc1)c1ccccc12. The van der Waals surface area contributed by atoms with Crippen LogP contribution in [0.4, 0.5) is 0 Å². The lowest BCUT2D eigenvalue weighted by Gasteiger charge is -2.36. The summed E-state index contributed by atoms with van der Waals surface area (Å²) in [7, 11) is -1.82. The van der Waals surface area contributed by atoms with E-state index in [1.54, 1.807) is 10.4 Å². The van der Waals surface area contributed by atoms with Gasteiger partial charge in [-0.3, -0.25) is 0 Å². The third-order valence-corrected chi connectivity index (χ3v) is 10.7. The second kappa shape index (κ2) is 6.17. The fourth-order valence-electron chi connectivity index (χ4n) is 5.99. The molecule has 0 amide bonds. The summed E-state index contributed by atoms with van der Waals surface area (Å²) < 4.78 is 0. The number of allylic oxidation sites excluding steroid dienone is 1. The van der Waals surface area contributed by atoms with E-state index >= 15 is 0 Å². The van der Waals surface area contributed by atoms with Gasteiger partial charge in [0.1, 0.15) is 8.07 Å². The zero-order valence-corrected chi connectivity index (χ0v) is 18.4. The van der Waals surface area contributed by atoms with Crippen molar-refractivity contribution in [3.8, 4) is 0 Å². The molecular weight excluding hydrogens is 376 g/mol. The minimum Gasteiger partial charge on any atom is -0.0623 e. The topological polar surface area (TPSA) is 0 Å². The Morgan fingerprint density at radius 2 is 1.03 bits per heavy atom. The minimum absolute atomic E-state index is 0.273. The van der Waals surface area contributed by atoms with Gasteiger partial charge in [-0.05, 0) is 43.8 Å². The third kappa shape index (κ3) is 2.06. The fraction of sp³-hybridized carbons (Fsp3) is 0.103. The molecule has 30 heavy (non-hydrogen) atoms. The third-order valence-electron chi connectivity index (χ3n) is 7.13. The highest BCUT2D eigenvalue weighted by Gasteiger charge is 2.55. The van der Waals surface area contributed by atoms with Crippen LogP contribution < -0.4 is 5.19 Å². The maximum Gasteiger partial charge on any atom is 0.114 e. The van der Waals surface area contributed by atoms with E-state index in [2.05, 4.69) is 122 Å². The van der Waals surface area contributed by atoms with Gasteiger partial charge in [0.05, 0.1) is 5.41 Å². The number of hydrogen-bond donors (Lipinski definition) is 0. The molecule has 0 saturated carbocycles. The average Bonchev–Trinajstić information content (AvgIpc) is 3.24. The molecule has 0 radical (unpaired) electrons. The van der Waals surface area contributed by atoms with Gasteiger partial charge >= 0.3 is 0 Å². The molecule has 1 heteroatoms. The maximum absolute atomic E-state index is 2.52. The van der Waals surface area contributed by atoms with Gasteiger partial charge in [-0.2, -0.15) is 0 Å². The Hall–Kier alpha value is -3.16. The van der Waals surface area contributed by atoms with Crippen LogP contribution in [0.5, 0.6) is 0 Å². The molecule has 1 aliphatic carbocycles. The van der Waals surface area contributed by atoms with Gasteiger partial charge in [-0.25, -0.2) is 0 Å². The van der Waals surface area contributed by atoms with Crippen LogP contribution in [0.3, 0.4) is 0 Å². The van der Waals surface area contributed by atoms with Crippen LogP contribution in [-0.4, -0.2) is 8.07 Å². The molecule has 1 heterocycles. The van der Waals surface area contributed by atoms with Gasteiger partial charge in [0.2, 0.25) is 0 Å². The lowest BCUT2D eigenvalue weighted by molar-refractivity contribution is 0.815. The zero-order chi connectivity index (χ0) is 20.3. The first-order valence-electron chi connectivity index (χ1n) is 10.7. The molecule has 0 saturated heterocycles. The van der Waals surface area contributed by atoms with Crippen molar-refractivity contribution in [2.75, 3.05) is 0 Å². The molecule has 144 valence electrons. The van der Waals surface area contributed by atoms with E-state index in [0.29, 0.717) is 0 Å². The van der Waals surface area contributed by atoms with Crippen molar-refractivity contribution in [2.45, 2.75) is 18.5 Å². The quantitative estimate of drug-likeness (QED) is 0.341. The fourth-order valence-corrected chi connectivity index (χ4v) is 9.50. The van der Waals surface area contributed by atoms with Crippen LogP contribution in [0.25, 0.3) is 10.8 Å². The number of benzene rings is 4. The van der Waals surface area contributed by atoms with Crippen LogP contribution in [0, 0.1) is 0 Å². The van der Waals surface area contributed by atoms with Gasteiger partial charge < -0.3 is 0 Å². The van der Waals surface area contributed by atoms with Crippen LogP contribution in [0.1, 0.15) is 27.8 Å². The van der Waals surface area contributed by atoms with Crippen molar-refractivity contribution < 1.29 is 0 Å². The highest BCUT2D eigenvalue weighted by atomic mass is 28.3. The smallest absolute Gasteiger partial charge is 0.0623 e. The Bertz CT molecular complexity index is 1260.